The van der Waals surface area contributed by atoms with Crippen LogP contribution in [0.1, 0.15) is 56.6 Å². The van der Waals surface area contributed by atoms with Gasteiger partial charge in [-0.2, -0.15) is 11.3 Å². The molecule has 0 unspecified atom stereocenters. The lowest BCUT2D eigenvalue weighted by atomic mass is 9.86. The van der Waals surface area contributed by atoms with Gasteiger partial charge in [-0.25, -0.2) is 0 Å². The minimum atomic E-state index is 0.211. The van der Waals surface area contributed by atoms with Gasteiger partial charge in [-0.3, -0.25) is 4.79 Å². The van der Waals surface area contributed by atoms with Crippen molar-refractivity contribution in [1.82, 2.24) is 10.2 Å². The van der Waals surface area contributed by atoms with Crippen LogP contribution < -0.4 is 5.32 Å². The second-order valence-electron chi connectivity index (χ2n) is 6.38. The molecule has 1 N–H and O–H groups in total. The Hall–Kier alpha value is -0.870. The van der Waals surface area contributed by atoms with Gasteiger partial charge in [-0.1, -0.05) is 32.1 Å². The van der Waals surface area contributed by atoms with E-state index in [9.17, 15) is 4.79 Å². The first-order chi connectivity index (χ1) is 10.2. The van der Waals surface area contributed by atoms with Crippen molar-refractivity contribution in [2.75, 3.05) is 20.6 Å². The standard InChI is InChI=1S/C17H28N2OS/c1-19(2)16(15-10-11-21-13-15)12-18-17(20)9-8-14-6-4-3-5-7-14/h10-11,13-14,16H,3-9,12H2,1-2H3,(H,18,20)/t16-/m1/s1. The number of nitrogens with zero attached hydrogens (tertiary/aromatic N) is 1. The van der Waals surface area contributed by atoms with Crippen LogP contribution in [0.3, 0.4) is 0 Å². The van der Waals surface area contributed by atoms with Gasteiger partial charge in [0.1, 0.15) is 0 Å². The SMILES string of the molecule is CN(C)[C@H](CNC(=O)CCC1CCCCC1)c1ccsc1. The highest BCUT2D eigenvalue weighted by atomic mass is 32.1. The van der Waals surface area contributed by atoms with Crippen molar-refractivity contribution in [2.24, 2.45) is 5.92 Å². The third-order valence-corrected chi connectivity index (χ3v) is 5.25. The molecule has 0 bridgehead atoms. The predicted octanol–water partition coefficient (Wildman–Crippen LogP) is 3.83. The van der Waals surface area contributed by atoms with Crippen LogP contribution >= 0.6 is 11.3 Å². The Bertz CT molecular complexity index is 410. The first kappa shape index (κ1) is 16.5. The summed E-state index contributed by atoms with van der Waals surface area (Å²) in [6, 6.07) is 2.42. The molecular formula is C17H28N2OS. The molecule has 0 spiro atoms. The van der Waals surface area contributed by atoms with Crippen molar-refractivity contribution in [3.8, 4) is 0 Å². The van der Waals surface area contributed by atoms with Gasteiger partial charge < -0.3 is 10.2 Å². The van der Waals surface area contributed by atoms with Crippen molar-refractivity contribution in [3.05, 3.63) is 22.4 Å². The zero-order valence-electron chi connectivity index (χ0n) is 13.3. The van der Waals surface area contributed by atoms with Crippen LogP contribution in [0.2, 0.25) is 0 Å². The molecule has 0 radical (unpaired) electrons. The molecule has 0 saturated heterocycles. The van der Waals surface area contributed by atoms with E-state index in [0.29, 0.717) is 13.0 Å². The van der Waals surface area contributed by atoms with Crippen molar-refractivity contribution < 1.29 is 4.79 Å². The summed E-state index contributed by atoms with van der Waals surface area (Å²) in [5, 5.41) is 7.38. The van der Waals surface area contributed by atoms with E-state index in [4.69, 9.17) is 0 Å². The molecule has 1 aromatic rings. The van der Waals surface area contributed by atoms with E-state index in [2.05, 4.69) is 41.1 Å². The zero-order chi connectivity index (χ0) is 15.1. The fourth-order valence-corrected chi connectivity index (χ4v) is 3.88. The summed E-state index contributed by atoms with van der Waals surface area (Å²) in [6.07, 6.45) is 8.49. The normalized spacial score (nSPS) is 17.9. The number of thiophene rings is 1. The lowest BCUT2D eigenvalue weighted by Gasteiger charge is -2.24. The van der Waals surface area contributed by atoms with E-state index in [1.807, 2.05) is 0 Å². The quantitative estimate of drug-likeness (QED) is 0.830. The van der Waals surface area contributed by atoms with Crippen LogP contribution in [0.15, 0.2) is 16.8 Å². The van der Waals surface area contributed by atoms with Crippen molar-refractivity contribution in [3.63, 3.8) is 0 Å². The van der Waals surface area contributed by atoms with Crippen molar-refractivity contribution in [1.29, 1.82) is 0 Å². The molecule has 1 saturated carbocycles. The van der Waals surface area contributed by atoms with E-state index in [1.165, 1.54) is 37.7 Å². The van der Waals surface area contributed by atoms with Crippen LogP contribution in [-0.2, 0) is 4.79 Å². The Balaban J connectivity index is 1.71. The third kappa shape index (κ3) is 5.44. The summed E-state index contributed by atoms with van der Waals surface area (Å²) < 4.78 is 0. The van der Waals surface area contributed by atoms with E-state index in [-0.39, 0.29) is 11.9 Å². The van der Waals surface area contributed by atoms with E-state index in [0.717, 1.165) is 12.3 Å². The molecule has 0 aliphatic heterocycles. The average molecular weight is 308 g/mol. The van der Waals surface area contributed by atoms with Crippen molar-refractivity contribution >= 4 is 17.2 Å². The molecule has 4 heteroatoms. The maximum atomic E-state index is 12.1. The number of amides is 1. The lowest BCUT2D eigenvalue weighted by Crippen LogP contribution is -2.34. The van der Waals surface area contributed by atoms with Gasteiger partial charge in [0, 0.05) is 13.0 Å². The average Bonchev–Trinajstić information content (AvgIpc) is 3.00. The molecule has 118 valence electrons. The summed E-state index contributed by atoms with van der Waals surface area (Å²) >= 11 is 1.71. The summed E-state index contributed by atoms with van der Waals surface area (Å²) in [7, 11) is 4.13. The molecule has 1 fully saturated rings. The van der Waals surface area contributed by atoms with E-state index >= 15 is 0 Å². The molecule has 1 aliphatic rings. The topological polar surface area (TPSA) is 32.3 Å². The monoisotopic (exact) mass is 308 g/mol. The number of rotatable bonds is 7. The van der Waals surface area contributed by atoms with Crippen LogP contribution in [0.4, 0.5) is 0 Å². The molecule has 21 heavy (non-hydrogen) atoms. The number of likely N-dealkylation sites (N-methyl/N-ethyl adjacent to an activating group) is 1. The van der Waals surface area contributed by atoms with Crippen LogP contribution in [0.5, 0.6) is 0 Å². The summed E-state index contributed by atoms with van der Waals surface area (Å²) in [5.74, 6) is 0.994. The van der Waals surface area contributed by atoms with Gasteiger partial charge in [0.15, 0.2) is 0 Å². The number of hydrogen-bond donors (Lipinski definition) is 1. The fourth-order valence-electron chi connectivity index (χ4n) is 3.17. The molecule has 1 atom stereocenters. The highest BCUT2D eigenvalue weighted by Gasteiger charge is 2.17. The Morgan fingerprint density at radius 3 is 2.76 bits per heavy atom. The van der Waals surface area contributed by atoms with Crippen molar-refractivity contribution in [2.45, 2.75) is 51.0 Å². The second kappa shape index (κ2) is 8.54. The van der Waals surface area contributed by atoms with Gasteiger partial charge in [-0.15, -0.1) is 0 Å². The maximum Gasteiger partial charge on any atom is 0.220 e. The van der Waals surface area contributed by atoms with Crippen LogP contribution in [0.25, 0.3) is 0 Å². The lowest BCUT2D eigenvalue weighted by molar-refractivity contribution is -0.121. The Morgan fingerprint density at radius 2 is 2.14 bits per heavy atom. The number of carbonyl (C=O) groups excluding carboxylic acids is 1. The fraction of sp³-hybridized carbons (Fsp3) is 0.706. The molecule has 0 aromatic carbocycles. The maximum absolute atomic E-state index is 12.1. The molecule has 2 rings (SSSR count). The Labute approximate surface area is 132 Å². The minimum absolute atomic E-state index is 0.211. The van der Waals surface area contributed by atoms with Gasteiger partial charge in [0.25, 0.3) is 0 Å². The first-order valence-corrected chi connectivity index (χ1v) is 9.06. The number of hydrogen-bond acceptors (Lipinski definition) is 3. The molecule has 1 aliphatic carbocycles. The van der Waals surface area contributed by atoms with E-state index < -0.39 is 0 Å². The van der Waals surface area contributed by atoms with Gasteiger partial charge >= 0.3 is 0 Å². The summed E-state index contributed by atoms with van der Waals surface area (Å²) in [4.78, 5) is 14.2. The largest absolute Gasteiger partial charge is 0.354 e. The Morgan fingerprint density at radius 1 is 1.38 bits per heavy atom. The highest BCUT2D eigenvalue weighted by molar-refractivity contribution is 7.07. The van der Waals surface area contributed by atoms with Crippen LogP contribution in [-0.4, -0.2) is 31.4 Å². The van der Waals surface area contributed by atoms with E-state index in [1.54, 1.807) is 11.3 Å². The zero-order valence-corrected chi connectivity index (χ0v) is 14.1. The molecule has 1 heterocycles. The predicted molar refractivity (Wildman–Crippen MR) is 89.6 cm³/mol. The Kier molecular flexibility index (Phi) is 6.71. The molecule has 3 nitrogen and oxygen atoms in total. The molecule has 1 amide bonds. The highest BCUT2D eigenvalue weighted by Crippen LogP contribution is 2.27. The minimum Gasteiger partial charge on any atom is -0.354 e. The van der Waals surface area contributed by atoms with Crippen LogP contribution in [0, 0.1) is 5.92 Å². The smallest absolute Gasteiger partial charge is 0.220 e. The van der Waals surface area contributed by atoms with Gasteiger partial charge in [0.05, 0.1) is 6.04 Å². The summed E-state index contributed by atoms with van der Waals surface area (Å²) in [6.45, 7) is 0.702. The second-order valence-corrected chi connectivity index (χ2v) is 7.16. The van der Waals surface area contributed by atoms with Gasteiger partial charge in [0.2, 0.25) is 5.91 Å². The molecule has 1 aromatic heterocycles. The van der Waals surface area contributed by atoms with Gasteiger partial charge in [-0.05, 0) is 48.8 Å². The number of nitrogens with one attached hydrogen (secondary N) is 1. The first-order valence-electron chi connectivity index (χ1n) is 8.12. The number of carbonyl (C=O) groups is 1. The summed E-state index contributed by atoms with van der Waals surface area (Å²) in [5.41, 5.74) is 1.29. The third-order valence-electron chi connectivity index (χ3n) is 4.55. The molecular weight excluding hydrogens is 280 g/mol.